The van der Waals surface area contributed by atoms with Crippen LogP contribution >= 0.6 is 11.3 Å². The van der Waals surface area contributed by atoms with Crippen LogP contribution in [-0.2, 0) is 6.54 Å². The van der Waals surface area contributed by atoms with Crippen molar-refractivity contribution < 1.29 is 4.74 Å². The van der Waals surface area contributed by atoms with E-state index in [0.29, 0.717) is 17.2 Å². The number of nitrogens with one attached hydrogen (secondary N) is 1. The van der Waals surface area contributed by atoms with Crippen LogP contribution in [0.3, 0.4) is 0 Å². The first kappa shape index (κ1) is 13.5. The standard InChI is InChI=1S/C15H19N3OS/c1-10(2)11-4-3-5-13(8-11)19-15-18-17-14(20-15)9-16-12-6-7-12/h3-5,8,10,12,16H,6-7,9H2,1-2H3. The van der Waals surface area contributed by atoms with Gasteiger partial charge in [-0.05, 0) is 36.5 Å². The van der Waals surface area contributed by atoms with Gasteiger partial charge in [0.25, 0.3) is 5.19 Å². The predicted molar refractivity (Wildman–Crippen MR) is 80.4 cm³/mol. The molecule has 1 aliphatic rings. The third-order valence-corrected chi connectivity index (χ3v) is 4.10. The lowest BCUT2D eigenvalue weighted by molar-refractivity contribution is 0.472. The fraction of sp³-hybridized carbons (Fsp3) is 0.467. The largest absolute Gasteiger partial charge is 0.430 e. The molecule has 0 spiro atoms. The van der Waals surface area contributed by atoms with E-state index in [0.717, 1.165) is 17.3 Å². The van der Waals surface area contributed by atoms with Crippen molar-refractivity contribution in [2.75, 3.05) is 0 Å². The average molecular weight is 289 g/mol. The second kappa shape index (κ2) is 5.89. The van der Waals surface area contributed by atoms with Crippen LogP contribution in [0.15, 0.2) is 24.3 Å². The molecule has 1 heterocycles. The van der Waals surface area contributed by atoms with Crippen LogP contribution in [0.1, 0.15) is 43.2 Å². The molecular weight excluding hydrogens is 270 g/mol. The highest BCUT2D eigenvalue weighted by Gasteiger charge is 2.20. The van der Waals surface area contributed by atoms with E-state index in [-0.39, 0.29) is 0 Å². The highest BCUT2D eigenvalue weighted by Crippen LogP contribution is 2.28. The van der Waals surface area contributed by atoms with Gasteiger partial charge >= 0.3 is 0 Å². The molecule has 0 bridgehead atoms. The van der Waals surface area contributed by atoms with Crippen molar-refractivity contribution in [2.24, 2.45) is 0 Å². The number of rotatable bonds is 6. The van der Waals surface area contributed by atoms with E-state index >= 15 is 0 Å². The Kier molecular flexibility index (Phi) is 3.98. The average Bonchev–Trinajstić information content (AvgIpc) is 3.17. The molecule has 20 heavy (non-hydrogen) atoms. The number of hydrogen-bond acceptors (Lipinski definition) is 5. The molecule has 0 atom stereocenters. The maximum Gasteiger partial charge on any atom is 0.299 e. The summed E-state index contributed by atoms with van der Waals surface area (Å²) in [4.78, 5) is 0. The summed E-state index contributed by atoms with van der Waals surface area (Å²) in [7, 11) is 0. The molecule has 0 unspecified atom stereocenters. The lowest BCUT2D eigenvalue weighted by Crippen LogP contribution is -2.14. The van der Waals surface area contributed by atoms with Gasteiger partial charge in [0.2, 0.25) is 0 Å². The van der Waals surface area contributed by atoms with E-state index in [9.17, 15) is 0 Å². The number of nitrogens with zero attached hydrogens (tertiary/aromatic N) is 2. The third kappa shape index (κ3) is 3.55. The second-order valence-corrected chi connectivity index (χ2v) is 6.47. The minimum Gasteiger partial charge on any atom is -0.430 e. The molecule has 1 aromatic heterocycles. The molecular formula is C15H19N3OS. The van der Waals surface area contributed by atoms with Gasteiger partial charge in [0.1, 0.15) is 10.8 Å². The quantitative estimate of drug-likeness (QED) is 0.880. The Morgan fingerprint density at radius 2 is 2.20 bits per heavy atom. The Balaban J connectivity index is 1.63. The minimum atomic E-state index is 0.492. The first-order valence-corrected chi connectivity index (χ1v) is 7.86. The van der Waals surface area contributed by atoms with Gasteiger partial charge in [-0.2, -0.15) is 0 Å². The Hall–Kier alpha value is -1.46. The van der Waals surface area contributed by atoms with Crippen molar-refractivity contribution in [1.29, 1.82) is 0 Å². The number of benzene rings is 1. The summed E-state index contributed by atoms with van der Waals surface area (Å²) in [5, 5.41) is 13.3. The van der Waals surface area contributed by atoms with E-state index < -0.39 is 0 Å². The number of hydrogen-bond donors (Lipinski definition) is 1. The molecule has 3 rings (SSSR count). The molecule has 1 N–H and O–H groups in total. The van der Waals surface area contributed by atoms with Crippen LogP contribution in [-0.4, -0.2) is 16.2 Å². The smallest absolute Gasteiger partial charge is 0.299 e. The van der Waals surface area contributed by atoms with Gasteiger partial charge in [0.05, 0.1) is 6.54 Å². The first-order chi connectivity index (χ1) is 9.70. The lowest BCUT2D eigenvalue weighted by Gasteiger charge is -2.07. The summed E-state index contributed by atoms with van der Waals surface area (Å²) in [5.41, 5.74) is 1.27. The minimum absolute atomic E-state index is 0.492. The van der Waals surface area contributed by atoms with Gasteiger partial charge in [-0.25, -0.2) is 0 Å². The second-order valence-electron chi connectivity index (χ2n) is 5.45. The molecule has 1 aromatic carbocycles. The summed E-state index contributed by atoms with van der Waals surface area (Å²) < 4.78 is 5.79. The van der Waals surface area contributed by atoms with Crippen LogP contribution in [0.25, 0.3) is 0 Å². The Labute approximate surface area is 123 Å². The van der Waals surface area contributed by atoms with Crippen LogP contribution in [0.4, 0.5) is 0 Å². The van der Waals surface area contributed by atoms with Gasteiger partial charge in [0, 0.05) is 6.04 Å². The molecule has 0 aliphatic heterocycles. The molecule has 5 heteroatoms. The number of aromatic nitrogens is 2. The molecule has 0 amide bonds. The van der Waals surface area contributed by atoms with Crippen molar-refractivity contribution in [3.05, 3.63) is 34.8 Å². The zero-order chi connectivity index (χ0) is 13.9. The van der Waals surface area contributed by atoms with Crippen molar-refractivity contribution in [2.45, 2.75) is 45.2 Å². The van der Waals surface area contributed by atoms with Crippen molar-refractivity contribution >= 4 is 11.3 Å². The van der Waals surface area contributed by atoms with Crippen LogP contribution in [0.5, 0.6) is 10.9 Å². The third-order valence-electron chi connectivity index (χ3n) is 3.30. The van der Waals surface area contributed by atoms with E-state index in [1.807, 2.05) is 12.1 Å². The zero-order valence-corrected chi connectivity index (χ0v) is 12.6. The van der Waals surface area contributed by atoms with Crippen LogP contribution < -0.4 is 10.1 Å². The topological polar surface area (TPSA) is 47.0 Å². The van der Waals surface area contributed by atoms with Gasteiger partial charge in [-0.15, -0.1) is 5.10 Å². The van der Waals surface area contributed by atoms with Crippen molar-refractivity contribution in [3.8, 4) is 10.9 Å². The molecule has 2 aromatic rings. The predicted octanol–water partition coefficient (Wildman–Crippen LogP) is 3.71. The summed E-state index contributed by atoms with van der Waals surface area (Å²) in [6.45, 7) is 5.13. The summed E-state index contributed by atoms with van der Waals surface area (Å²) in [6, 6.07) is 8.83. The van der Waals surface area contributed by atoms with Gasteiger partial charge in [0.15, 0.2) is 0 Å². The summed E-state index contributed by atoms with van der Waals surface area (Å²) in [5.74, 6) is 1.32. The maximum atomic E-state index is 5.79. The molecule has 0 saturated heterocycles. The molecule has 4 nitrogen and oxygen atoms in total. The summed E-state index contributed by atoms with van der Waals surface area (Å²) in [6.07, 6.45) is 2.56. The van der Waals surface area contributed by atoms with Gasteiger partial charge in [-0.1, -0.05) is 42.4 Å². The Morgan fingerprint density at radius 1 is 1.35 bits per heavy atom. The van der Waals surface area contributed by atoms with E-state index in [1.165, 1.54) is 29.7 Å². The fourth-order valence-electron chi connectivity index (χ4n) is 1.91. The molecule has 1 saturated carbocycles. The monoisotopic (exact) mass is 289 g/mol. The summed E-state index contributed by atoms with van der Waals surface area (Å²) >= 11 is 1.50. The van der Waals surface area contributed by atoms with E-state index in [1.54, 1.807) is 0 Å². The highest BCUT2D eigenvalue weighted by atomic mass is 32.1. The van der Waals surface area contributed by atoms with Gasteiger partial charge in [-0.3, -0.25) is 0 Å². The van der Waals surface area contributed by atoms with Crippen LogP contribution in [0.2, 0.25) is 0 Å². The Morgan fingerprint density at radius 3 is 2.95 bits per heavy atom. The molecule has 0 radical (unpaired) electrons. The highest BCUT2D eigenvalue weighted by molar-refractivity contribution is 7.13. The SMILES string of the molecule is CC(C)c1cccc(Oc2nnc(CNC3CC3)s2)c1. The molecule has 1 aliphatic carbocycles. The molecule has 1 fully saturated rings. The zero-order valence-electron chi connectivity index (χ0n) is 11.8. The molecule has 106 valence electrons. The first-order valence-electron chi connectivity index (χ1n) is 7.04. The lowest BCUT2D eigenvalue weighted by atomic mass is 10.0. The Bertz CT molecular complexity index is 578. The van der Waals surface area contributed by atoms with Crippen molar-refractivity contribution in [3.63, 3.8) is 0 Å². The van der Waals surface area contributed by atoms with Crippen LogP contribution in [0, 0.1) is 0 Å². The van der Waals surface area contributed by atoms with E-state index in [4.69, 9.17) is 4.74 Å². The van der Waals surface area contributed by atoms with Crippen molar-refractivity contribution in [1.82, 2.24) is 15.5 Å². The normalized spacial score (nSPS) is 14.8. The van der Waals surface area contributed by atoms with E-state index in [2.05, 4.69) is 41.5 Å². The number of ether oxygens (including phenoxy) is 1. The fourth-order valence-corrected chi connectivity index (χ4v) is 2.57. The maximum absolute atomic E-state index is 5.79. The van der Waals surface area contributed by atoms with Gasteiger partial charge < -0.3 is 10.1 Å².